The summed E-state index contributed by atoms with van der Waals surface area (Å²) < 4.78 is 0. The lowest BCUT2D eigenvalue weighted by molar-refractivity contribution is 0.176. The molecule has 4 unspecified atom stereocenters. The summed E-state index contributed by atoms with van der Waals surface area (Å²) in [6.07, 6.45) is 10.4. The third-order valence-corrected chi connectivity index (χ3v) is 4.23. The van der Waals surface area contributed by atoms with Gasteiger partial charge in [-0.1, -0.05) is 53.4 Å². The maximum Gasteiger partial charge on any atom is 0.0224 e. The van der Waals surface area contributed by atoms with E-state index in [-0.39, 0.29) is 0 Å². The molecule has 1 aliphatic rings. The van der Waals surface area contributed by atoms with Crippen molar-refractivity contribution < 1.29 is 0 Å². The van der Waals surface area contributed by atoms with Crippen molar-refractivity contribution in [3.05, 3.63) is 0 Å². The molecule has 1 aliphatic heterocycles. The van der Waals surface area contributed by atoms with E-state index >= 15 is 0 Å². The lowest BCUT2D eigenvalue weighted by atomic mass is 9.88. The largest absolute Gasteiger partial charge is 0.308 e. The molecule has 1 saturated heterocycles. The van der Waals surface area contributed by atoms with Crippen molar-refractivity contribution in [2.24, 2.45) is 0 Å². The summed E-state index contributed by atoms with van der Waals surface area (Å²) in [5, 5.41) is 7.93. The highest BCUT2D eigenvalue weighted by Crippen LogP contribution is 2.21. The summed E-state index contributed by atoms with van der Waals surface area (Å²) in [6.45, 7) is 9.21. The lowest BCUT2D eigenvalue weighted by Crippen LogP contribution is -2.65. The molecule has 108 valence electrons. The SMILES string of the molecule is CCCC1NC(CCC)C(CCC)NC1CCC. The molecule has 2 N–H and O–H groups in total. The molecule has 18 heavy (non-hydrogen) atoms. The Bertz CT molecular complexity index is 163. The summed E-state index contributed by atoms with van der Waals surface area (Å²) in [5.41, 5.74) is 0. The van der Waals surface area contributed by atoms with Crippen LogP contribution in [0.25, 0.3) is 0 Å². The third kappa shape index (κ3) is 4.55. The Morgan fingerprint density at radius 1 is 0.500 bits per heavy atom. The van der Waals surface area contributed by atoms with Gasteiger partial charge in [0.05, 0.1) is 0 Å². The monoisotopic (exact) mass is 254 g/mol. The first-order valence-corrected chi connectivity index (χ1v) is 8.28. The molecule has 4 atom stereocenters. The van der Waals surface area contributed by atoms with Gasteiger partial charge in [0.15, 0.2) is 0 Å². The highest BCUT2D eigenvalue weighted by molar-refractivity contribution is 4.97. The molecule has 0 saturated carbocycles. The fourth-order valence-corrected chi connectivity index (χ4v) is 3.40. The quantitative estimate of drug-likeness (QED) is 0.687. The molecule has 0 aromatic rings. The van der Waals surface area contributed by atoms with Crippen LogP contribution in [0.4, 0.5) is 0 Å². The van der Waals surface area contributed by atoms with Crippen LogP contribution in [0, 0.1) is 0 Å². The zero-order valence-corrected chi connectivity index (χ0v) is 13.0. The first-order valence-electron chi connectivity index (χ1n) is 8.28. The van der Waals surface area contributed by atoms with E-state index in [0.717, 1.165) is 0 Å². The van der Waals surface area contributed by atoms with Gasteiger partial charge in [0, 0.05) is 24.2 Å². The number of nitrogens with one attached hydrogen (secondary N) is 2. The molecule has 0 aromatic heterocycles. The van der Waals surface area contributed by atoms with Crippen molar-refractivity contribution in [3.63, 3.8) is 0 Å². The predicted octanol–water partition coefficient (Wildman–Crippen LogP) is 3.85. The minimum absolute atomic E-state index is 0.694. The van der Waals surface area contributed by atoms with Gasteiger partial charge < -0.3 is 10.6 Å². The van der Waals surface area contributed by atoms with Gasteiger partial charge in [-0.05, 0) is 25.7 Å². The van der Waals surface area contributed by atoms with Gasteiger partial charge in [0.2, 0.25) is 0 Å². The van der Waals surface area contributed by atoms with Crippen LogP contribution in [0.1, 0.15) is 79.1 Å². The number of rotatable bonds is 8. The highest BCUT2D eigenvalue weighted by atomic mass is 15.1. The molecule has 0 amide bonds. The Morgan fingerprint density at radius 3 is 0.889 bits per heavy atom. The first-order chi connectivity index (χ1) is 8.76. The van der Waals surface area contributed by atoms with Crippen molar-refractivity contribution >= 4 is 0 Å². The summed E-state index contributed by atoms with van der Waals surface area (Å²) in [5.74, 6) is 0. The van der Waals surface area contributed by atoms with Crippen molar-refractivity contribution in [2.75, 3.05) is 0 Å². The van der Waals surface area contributed by atoms with Gasteiger partial charge >= 0.3 is 0 Å². The maximum absolute atomic E-state index is 3.96. The van der Waals surface area contributed by atoms with Gasteiger partial charge in [-0.3, -0.25) is 0 Å². The van der Waals surface area contributed by atoms with Crippen LogP contribution in [0.15, 0.2) is 0 Å². The maximum atomic E-state index is 3.96. The van der Waals surface area contributed by atoms with Crippen LogP contribution in [-0.4, -0.2) is 24.2 Å². The predicted molar refractivity (Wildman–Crippen MR) is 81.1 cm³/mol. The van der Waals surface area contributed by atoms with E-state index in [4.69, 9.17) is 0 Å². The number of piperazine rings is 1. The second-order valence-corrected chi connectivity index (χ2v) is 5.91. The number of hydrogen-bond acceptors (Lipinski definition) is 2. The van der Waals surface area contributed by atoms with E-state index < -0.39 is 0 Å². The lowest BCUT2D eigenvalue weighted by Gasteiger charge is -2.44. The minimum atomic E-state index is 0.694. The molecule has 2 nitrogen and oxygen atoms in total. The number of hydrogen-bond donors (Lipinski definition) is 2. The molecule has 0 spiro atoms. The first kappa shape index (κ1) is 16.0. The van der Waals surface area contributed by atoms with Crippen LogP contribution in [-0.2, 0) is 0 Å². The van der Waals surface area contributed by atoms with Crippen LogP contribution in [0.2, 0.25) is 0 Å². The Labute approximate surface area is 114 Å². The summed E-state index contributed by atoms with van der Waals surface area (Å²) >= 11 is 0. The highest BCUT2D eigenvalue weighted by Gasteiger charge is 2.33. The molecule has 1 heterocycles. The van der Waals surface area contributed by atoms with E-state index in [1.165, 1.54) is 51.4 Å². The van der Waals surface area contributed by atoms with Crippen LogP contribution >= 0.6 is 0 Å². The topological polar surface area (TPSA) is 24.1 Å². The average Bonchev–Trinajstić information content (AvgIpc) is 2.35. The second kappa shape index (κ2) is 8.92. The van der Waals surface area contributed by atoms with E-state index in [9.17, 15) is 0 Å². The van der Waals surface area contributed by atoms with Crippen LogP contribution in [0.5, 0.6) is 0 Å². The minimum Gasteiger partial charge on any atom is -0.308 e. The smallest absolute Gasteiger partial charge is 0.0224 e. The normalized spacial score (nSPS) is 32.7. The van der Waals surface area contributed by atoms with E-state index in [0.29, 0.717) is 24.2 Å². The molecular weight excluding hydrogens is 220 g/mol. The summed E-state index contributed by atoms with van der Waals surface area (Å²) in [4.78, 5) is 0. The van der Waals surface area contributed by atoms with Gasteiger partial charge in [-0.2, -0.15) is 0 Å². The molecule has 0 aromatic carbocycles. The van der Waals surface area contributed by atoms with Crippen LogP contribution < -0.4 is 10.6 Å². The third-order valence-electron chi connectivity index (χ3n) is 4.23. The van der Waals surface area contributed by atoms with E-state index in [1.54, 1.807) is 0 Å². The Kier molecular flexibility index (Phi) is 7.92. The fraction of sp³-hybridized carbons (Fsp3) is 1.00. The Morgan fingerprint density at radius 2 is 0.722 bits per heavy atom. The Hall–Kier alpha value is -0.0800. The molecule has 0 bridgehead atoms. The molecule has 0 aliphatic carbocycles. The van der Waals surface area contributed by atoms with Gasteiger partial charge in [0.1, 0.15) is 0 Å². The molecular formula is C16H34N2. The van der Waals surface area contributed by atoms with Crippen molar-refractivity contribution in [3.8, 4) is 0 Å². The standard InChI is InChI=1S/C16H34N2/c1-5-9-13-14(10-6-2)18-16(12-8-4)15(17-13)11-7-3/h13-18H,5-12H2,1-4H3. The van der Waals surface area contributed by atoms with Crippen molar-refractivity contribution in [2.45, 2.75) is 103 Å². The molecule has 0 radical (unpaired) electrons. The molecule has 2 heteroatoms. The van der Waals surface area contributed by atoms with Gasteiger partial charge in [0.25, 0.3) is 0 Å². The van der Waals surface area contributed by atoms with Crippen molar-refractivity contribution in [1.29, 1.82) is 0 Å². The Balaban J connectivity index is 2.64. The second-order valence-electron chi connectivity index (χ2n) is 5.91. The summed E-state index contributed by atoms with van der Waals surface area (Å²) in [7, 11) is 0. The van der Waals surface area contributed by atoms with Gasteiger partial charge in [-0.15, -0.1) is 0 Å². The fourth-order valence-electron chi connectivity index (χ4n) is 3.40. The van der Waals surface area contributed by atoms with Crippen LogP contribution in [0.3, 0.4) is 0 Å². The van der Waals surface area contributed by atoms with Gasteiger partial charge in [-0.25, -0.2) is 0 Å². The van der Waals surface area contributed by atoms with E-state index in [2.05, 4.69) is 38.3 Å². The molecule has 1 rings (SSSR count). The zero-order valence-electron chi connectivity index (χ0n) is 13.0. The summed E-state index contributed by atoms with van der Waals surface area (Å²) in [6, 6.07) is 2.78. The molecule has 1 fully saturated rings. The van der Waals surface area contributed by atoms with E-state index in [1.807, 2.05) is 0 Å². The average molecular weight is 254 g/mol. The zero-order chi connectivity index (χ0) is 13.4. The van der Waals surface area contributed by atoms with Crippen molar-refractivity contribution in [1.82, 2.24) is 10.6 Å².